The Balaban J connectivity index is 2.44. The first kappa shape index (κ1) is 11.9. The van der Waals surface area contributed by atoms with Crippen molar-refractivity contribution < 1.29 is 4.74 Å². The molecule has 88 valence electrons. The average Bonchev–Trinajstić information content (AvgIpc) is 2.21. The van der Waals surface area contributed by atoms with Crippen molar-refractivity contribution in [1.82, 2.24) is 0 Å². The molecule has 0 aromatic heterocycles. The summed E-state index contributed by atoms with van der Waals surface area (Å²) in [6.45, 7) is 1.28. The number of nitrogens with two attached hydrogens (primary N) is 1. The van der Waals surface area contributed by atoms with Crippen LogP contribution in [0.1, 0.15) is 30.4 Å². The third-order valence-electron chi connectivity index (χ3n) is 3.63. The van der Waals surface area contributed by atoms with E-state index in [4.69, 9.17) is 22.1 Å². The number of methoxy groups -OCH3 is 1. The largest absolute Gasteiger partial charge is 0.380 e. The van der Waals surface area contributed by atoms with Crippen LogP contribution in [-0.4, -0.2) is 13.7 Å². The van der Waals surface area contributed by atoms with E-state index in [1.165, 1.54) is 17.5 Å². The highest BCUT2D eigenvalue weighted by Crippen LogP contribution is 2.46. The van der Waals surface area contributed by atoms with E-state index in [1.807, 2.05) is 12.1 Å². The average molecular weight is 240 g/mol. The Kier molecular flexibility index (Phi) is 3.53. The minimum absolute atomic E-state index is 0.103. The summed E-state index contributed by atoms with van der Waals surface area (Å²) >= 11 is 6.33. The van der Waals surface area contributed by atoms with Gasteiger partial charge in [0.15, 0.2) is 0 Å². The fourth-order valence-corrected chi connectivity index (χ4v) is 2.99. The molecule has 0 atom stereocenters. The summed E-state index contributed by atoms with van der Waals surface area (Å²) in [5, 5.41) is 0.833. The first-order valence-corrected chi connectivity index (χ1v) is 6.08. The summed E-state index contributed by atoms with van der Waals surface area (Å²) in [4.78, 5) is 0. The minimum Gasteiger partial charge on any atom is -0.380 e. The molecule has 1 aromatic rings. The van der Waals surface area contributed by atoms with Crippen LogP contribution in [0.25, 0.3) is 0 Å². The molecule has 0 aliphatic heterocycles. The first-order chi connectivity index (χ1) is 7.73. The van der Waals surface area contributed by atoms with Gasteiger partial charge in [-0.15, -0.1) is 0 Å². The van der Waals surface area contributed by atoms with Crippen LogP contribution in [0.15, 0.2) is 18.2 Å². The number of halogens is 1. The molecule has 16 heavy (non-hydrogen) atoms. The molecule has 1 saturated carbocycles. The summed E-state index contributed by atoms with van der Waals surface area (Å²) in [5.74, 6) is 0. The molecular weight excluding hydrogens is 222 g/mol. The van der Waals surface area contributed by atoms with Gasteiger partial charge in [-0.05, 0) is 30.0 Å². The Hall–Kier alpha value is -0.570. The molecule has 1 aliphatic carbocycles. The summed E-state index contributed by atoms with van der Waals surface area (Å²) in [6, 6.07) is 6.01. The lowest BCUT2D eigenvalue weighted by atomic mass is 9.63. The molecule has 2 N–H and O–H groups in total. The maximum absolute atomic E-state index is 6.33. The van der Waals surface area contributed by atoms with Crippen LogP contribution < -0.4 is 5.73 Å². The molecule has 1 aromatic carbocycles. The second-order valence-corrected chi connectivity index (χ2v) is 4.95. The highest BCUT2D eigenvalue weighted by atomic mass is 35.5. The van der Waals surface area contributed by atoms with E-state index in [-0.39, 0.29) is 5.41 Å². The second-order valence-electron chi connectivity index (χ2n) is 4.54. The Morgan fingerprint density at radius 3 is 2.69 bits per heavy atom. The van der Waals surface area contributed by atoms with Gasteiger partial charge in [0.2, 0.25) is 0 Å². The van der Waals surface area contributed by atoms with Gasteiger partial charge in [-0.3, -0.25) is 0 Å². The van der Waals surface area contributed by atoms with Gasteiger partial charge in [-0.25, -0.2) is 0 Å². The van der Waals surface area contributed by atoms with Crippen LogP contribution in [-0.2, 0) is 16.8 Å². The van der Waals surface area contributed by atoms with Gasteiger partial charge in [0.05, 0.1) is 6.61 Å². The van der Waals surface area contributed by atoms with Gasteiger partial charge < -0.3 is 10.5 Å². The van der Waals surface area contributed by atoms with Crippen LogP contribution in [0, 0.1) is 0 Å². The highest BCUT2D eigenvalue weighted by molar-refractivity contribution is 6.31. The van der Waals surface area contributed by atoms with Crippen LogP contribution >= 0.6 is 11.6 Å². The van der Waals surface area contributed by atoms with Crippen molar-refractivity contribution in [3.8, 4) is 0 Å². The molecule has 2 nitrogen and oxygen atoms in total. The van der Waals surface area contributed by atoms with Crippen molar-refractivity contribution in [3.63, 3.8) is 0 Å². The third-order valence-corrected chi connectivity index (χ3v) is 3.95. The fraction of sp³-hybridized carbons (Fsp3) is 0.538. The fourth-order valence-electron chi connectivity index (χ4n) is 2.60. The lowest BCUT2D eigenvalue weighted by Crippen LogP contribution is -2.42. The quantitative estimate of drug-likeness (QED) is 0.877. The van der Waals surface area contributed by atoms with Gasteiger partial charge in [-0.2, -0.15) is 0 Å². The molecule has 0 bridgehead atoms. The zero-order chi connectivity index (χ0) is 11.6. The van der Waals surface area contributed by atoms with Crippen molar-refractivity contribution >= 4 is 11.6 Å². The maximum Gasteiger partial charge on any atom is 0.0716 e. The standard InChI is InChI=1S/C13H18ClNO/c1-16-8-10-4-2-5-11(14)12(10)13(9-15)6-3-7-13/h2,4-5H,3,6-9,15H2,1H3. The monoisotopic (exact) mass is 239 g/mol. The predicted molar refractivity (Wildman–Crippen MR) is 66.7 cm³/mol. The summed E-state index contributed by atoms with van der Waals surface area (Å²) in [6.07, 6.45) is 3.53. The number of benzene rings is 1. The molecule has 2 rings (SSSR count). The van der Waals surface area contributed by atoms with Gasteiger partial charge in [0, 0.05) is 24.1 Å². The highest BCUT2D eigenvalue weighted by Gasteiger charge is 2.40. The van der Waals surface area contributed by atoms with Crippen LogP contribution in [0.4, 0.5) is 0 Å². The molecule has 0 heterocycles. The first-order valence-electron chi connectivity index (χ1n) is 5.70. The number of ether oxygens (including phenoxy) is 1. The zero-order valence-corrected chi connectivity index (χ0v) is 10.4. The lowest BCUT2D eigenvalue weighted by Gasteiger charge is -2.43. The molecule has 0 unspecified atom stereocenters. The molecule has 1 aliphatic rings. The van der Waals surface area contributed by atoms with Crippen LogP contribution in [0.3, 0.4) is 0 Å². The summed E-state index contributed by atoms with van der Waals surface area (Å²) in [7, 11) is 1.71. The number of hydrogen-bond acceptors (Lipinski definition) is 2. The molecule has 0 spiro atoms. The number of rotatable bonds is 4. The van der Waals surface area contributed by atoms with E-state index >= 15 is 0 Å². The van der Waals surface area contributed by atoms with Crippen molar-refractivity contribution in [2.24, 2.45) is 5.73 Å². The second kappa shape index (κ2) is 4.74. The smallest absolute Gasteiger partial charge is 0.0716 e. The zero-order valence-electron chi connectivity index (χ0n) is 9.63. The molecule has 0 saturated heterocycles. The summed E-state index contributed by atoms with van der Waals surface area (Å²) < 4.78 is 5.23. The van der Waals surface area contributed by atoms with Gasteiger partial charge in [0.1, 0.15) is 0 Å². The van der Waals surface area contributed by atoms with Crippen molar-refractivity contribution in [2.75, 3.05) is 13.7 Å². The van der Waals surface area contributed by atoms with E-state index in [0.717, 1.165) is 17.9 Å². The lowest BCUT2D eigenvalue weighted by molar-refractivity contribution is 0.178. The van der Waals surface area contributed by atoms with Crippen LogP contribution in [0.2, 0.25) is 5.02 Å². The molecular formula is C13H18ClNO. The Morgan fingerprint density at radius 2 is 2.19 bits per heavy atom. The Morgan fingerprint density at radius 1 is 1.44 bits per heavy atom. The molecule has 0 amide bonds. The Labute approximate surface area is 102 Å². The third kappa shape index (κ3) is 1.86. The van der Waals surface area contributed by atoms with Gasteiger partial charge in [-0.1, -0.05) is 30.2 Å². The molecule has 1 fully saturated rings. The van der Waals surface area contributed by atoms with E-state index in [0.29, 0.717) is 13.2 Å². The number of hydrogen-bond donors (Lipinski definition) is 1. The molecule has 0 radical (unpaired) electrons. The minimum atomic E-state index is 0.103. The van der Waals surface area contributed by atoms with Crippen molar-refractivity contribution in [3.05, 3.63) is 34.3 Å². The molecule has 3 heteroatoms. The normalized spacial score (nSPS) is 18.2. The van der Waals surface area contributed by atoms with Crippen LogP contribution in [0.5, 0.6) is 0 Å². The van der Waals surface area contributed by atoms with E-state index in [2.05, 4.69) is 6.07 Å². The Bertz CT molecular complexity index is 369. The van der Waals surface area contributed by atoms with E-state index < -0.39 is 0 Å². The van der Waals surface area contributed by atoms with E-state index in [9.17, 15) is 0 Å². The van der Waals surface area contributed by atoms with Gasteiger partial charge >= 0.3 is 0 Å². The predicted octanol–water partition coefficient (Wildman–Crippen LogP) is 2.87. The topological polar surface area (TPSA) is 35.2 Å². The SMILES string of the molecule is COCc1cccc(Cl)c1C1(CN)CCC1. The van der Waals surface area contributed by atoms with Crippen molar-refractivity contribution in [2.45, 2.75) is 31.3 Å². The van der Waals surface area contributed by atoms with Crippen molar-refractivity contribution in [1.29, 1.82) is 0 Å². The van der Waals surface area contributed by atoms with Gasteiger partial charge in [0.25, 0.3) is 0 Å². The summed E-state index contributed by atoms with van der Waals surface area (Å²) in [5.41, 5.74) is 8.43. The van der Waals surface area contributed by atoms with E-state index in [1.54, 1.807) is 7.11 Å². The maximum atomic E-state index is 6.33.